The van der Waals surface area contributed by atoms with Crippen molar-refractivity contribution in [2.75, 3.05) is 7.11 Å². The van der Waals surface area contributed by atoms with Gasteiger partial charge in [0, 0.05) is 12.7 Å². The molecule has 3 nitrogen and oxygen atoms in total. The Labute approximate surface area is 124 Å². The Morgan fingerprint density at radius 1 is 1.42 bits per heavy atom. The molecule has 1 aromatic carbocycles. The highest BCUT2D eigenvalue weighted by atomic mass is 79.9. The molecule has 0 atom stereocenters. The molecule has 100 valence electrons. The van der Waals surface area contributed by atoms with Gasteiger partial charge < -0.3 is 9.72 Å². The lowest BCUT2D eigenvalue weighted by Gasteiger charge is -2.08. The highest BCUT2D eigenvalue weighted by Gasteiger charge is 2.09. The van der Waals surface area contributed by atoms with Crippen LogP contribution in [0.25, 0.3) is 11.4 Å². The van der Waals surface area contributed by atoms with Gasteiger partial charge in [-0.2, -0.15) is 0 Å². The molecule has 0 bridgehead atoms. The molecule has 2 aromatic rings. The fraction of sp³-hybridized carbons (Fsp3) is 0.231. The summed E-state index contributed by atoms with van der Waals surface area (Å²) in [6.07, 6.45) is 0. The second kappa shape index (κ2) is 5.90. The number of aromatic nitrogens is 2. The van der Waals surface area contributed by atoms with E-state index in [0.29, 0.717) is 27.1 Å². The number of aromatic amines is 1. The molecule has 0 saturated heterocycles. The van der Waals surface area contributed by atoms with Gasteiger partial charge in [0.1, 0.15) is 16.3 Å². The van der Waals surface area contributed by atoms with E-state index in [-0.39, 0.29) is 5.82 Å². The van der Waals surface area contributed by atoms with Gasteiger partial charge in [-0.25, -0.2) is 9.37 Å². The van der Waals surface area contributed by atoms with Crippen molar-refractivity contribution in [1.29, 1.82) is 0 Å². The molecule has 0 spiro atoms. The molecule has 1 N–H and O–H groups in total. The second-order valence-electron chi connectivity index (χ2n) is 4.13. The van der Waals surface area contributed by atoms with Gasteiger partial charge in [-0.1, -0.05) is 12.2 Å². The van der Waals surface area contributed by atoms with Crippen LogP contribution in [0.5, 0.6) is 0 Å². The number of methoxy groups -OCH3 is 1. The van der Waals surface area contributed by atoms with Crippen LogP contribution in [0.2, 0.25) is 0 Å². The van der Waals surface area contributed by atoms with Gasteiger partial charge in [0.2, 0.25) is 0 Å². The number of nitrogens with one attached hydrogen (secondary N) is 1. The first kappa shape index (κ1) is 14.3. The van der Waals surface area contributed by atoms with Crippen molar-refractivity contribution in [3.05, 3.63) is 44.4 Å². The molecule has 0 fully saturated rings. The zero-order valence-corrected chi connectivity index (χ0v) is 12.9. The summed E-state index contributed by atoms with van der Waals surface area (Å²) >= 11 is 8.55. The van der Waals surface area contributed by atoms with E-state index in [1.165, 1.54) is 12.1 Å². The molecule has 6 heteroatoms. The predicted molar refractivity (Wildman–Crippen MR) is 78.0 cm³/mol. The number of rotatable bonds is 3. The van der Waals surface area contributed by atoms with Gasteiger partial charge in [0.05, 0.1) is 16.8 Å². The lowest BCUT2D eigenvalue weighted by atomic mass is 10.1. The van der Waals surface area contributed by atoms with Crippen LogP contribution >= 0.6 is 28.1 Å². The molecule has 0 amide bonds. The fourth-order valence-electron chi connectivity index (χ4n) is 1.76. The smallest absolute Gasteiger partial charge is 0.144 e. The van der Waals surface area contributed by atoms with Crippen molar-refractivity contribution < 1.29 is 9.13 Å². The molecular formula is C13H12BrFN2OS. The Morgan fingerprint density at radius 2 is 2.16 bits per heavy atom. The quantitative estimate of drug-likeness (QED) is 0.851. The molecule has 0 aliphatic carbocycles. The first-order valence-electron chi connectivity index (χ1n) is 5.56. The van der Waals surface area contributed by atoms with Crippen molar-refractivity contribution >= 4 is 28.1 Å². The van der Waals surface area contributed by atoms with Crippen molar-refractivity contribution in [3.8, 4) is 11.4 Å². The van der Waals surface area contributed by atoms with E-state index in [4.69, 9.17) is 17.0 Å². The molecule has 0 saturated carbocycles. The van der Waals surface area contributed by atoms with Crippen LogP contribution in [0.4, 0.5) is 4.39 Å². The Balaban J connectivity index is 2.59. The average molecular weight is 343 g/mol. The second-order valence-corrected chi connectivity index (χ2v) is 5.31. The van der Waals surface area contributed by atoms with Crippen molar-refractivity contribution in [3.63, 3.8) is 0 Å². The van der Waals surface area contributed by atoms with Crippen molar-refractivity contribution in [2.45, 2.75) is 13.5 Å². The van der Waals surface area contributed by atoms with Gasteiger partial charge in [-0.3, -0.25) is 0 Å². The monoisotopic (exact) mass is 342 g/mol. The van der Waals surface area contributed by atoms with Crippen LogP contribution in [0.15, 0.2) is 22.7 Å². The number of halogens is 2. The number of ether oxygens (including phenoxy) is 1. The third kappa shape index (κ3) is 3.26. The highest BCUT2D eigenvalue weighted by Crippen LogP contribution is 2.23. The van der Waals surface area contributed by atoms with E-state index in [1.54, 1.807) is 7.11 Å². The number of nitrogens with zero attached hydrogens (tertiary/aromatic N) is 1. The minimum absolute atomic E-state index is 0.299. The first-order chi connectivity index (χ1) is 9.01. The molecule has 0 aliphatic heterocycles. The Bertz CT molecular complexity index is 652. The topological polar surface area (TPSA) is 37.9 Å². The van der Waals surface area contributed by atoms with Crippen LogP contribution in [0, 0.1) is 17.4 Å². The Morgan fingerprint density at radius 3 is 2.79 bits per heavy atom. The van der Waals surface area contributed by atoms with Gasteiger partial charge >= 0.3 is 0 Å². The molecule has 2 rings (SSSR count). The van der Waals surface area contributed by atoms with Crippen LogP contribution in [-0.2, 0) is 11.3 Å². The fourth-order valence-corrected chi connectivity index (χ4v) is 2.28. The van der Waals surface area contributed by atoms with E-state index < -0.39 is 0 Å². The molecule has 1 aromatic heterocycles. The van der Waals surface area contributed by atoms with Gasteiger partial charge in [0.25, 0.3) is 0 Å². The van der Waals surface area contributed by atoms with Gasteiger partial charge in [-0.15, -0.1) is 0 Å². The number of H-pyrrole nitrogens is 1. The maximum Gasteiger partial charge on any atom is 0.144 e. The Kier molecular flexibility index (Phi) is 4.44. The molecule has 0 aliphatic rings. The van der Waals surface area contributed by atoms with Crippen LogP contribution < -0.4 is 0 Å². The lowest BCUT2D eigenvalue weighted by Crippen LogP contribution is -2.00. The summed E-state index contributed by atoms with van der Waals surface area (Å²) in [5.41, 5.74) is 2.26. The van der Waals surface area contributed by atoms with Crippen molar-refractivity contribution in [1.82, 2.24) is 9.97 Å². The molecular weight excluding hydrogens is 331 g/mol. The number of benzene rings is 1. The molecule has 0 unspecified atom stereocenters. The zero-order chi connectivity index (χ0) is 14.0. The van der Waals surface area contributed by atoms with Crippen LogP contribution in [0.1, 0.15) is 11.3 Å². The predicted octanol–water partition coefficient (Wildman–Crippen LogP) is 4.16. The van der Waals surface area contributed by atoms with E-state index in [1.807, 2.05) is 13.0 Å². The van der Waals surface area contributed by atoms with E-state index in [9.17, 15) is 4.39 Å². The number of hydrogen-bond acceptors (Lipinski definition) is 3. The SMILES string of the molecule is COCc1[nH]c(-c2cc(C)cc(F)c2)nc(=S)c1Br. The third-order valence-electron chi connectivity index (χ3n) is 2.54. The minimum atomic E-state index is -0.299. The third-order valence-corrected chi connectivity index (χ3v) is 3.95. The highest BCUT2D eigenvalue weighted by molar-refractivity contribution is 9.10. The number of aryl methyl sites for hydroxylation is 1. The van der Waals surface area contributed by atoms with Crippen molar-refractivity contribution in [2.24, 2.45) is 0 Å². The maximum atomic E-state index is 13.4. The minimum Gasteiger partial charge on any atom is -0.378 e. The lowest BCUT2D eigenvalue weighted by molar-refractivity contribution is 0.181. The summed E-state index contributed by atoms with van der Waals surface area (Å²) in [4.78, 5) is 7.37. The van der Waals surface area contributed by atoms with Gasteiger partial charge in [0.15, 0.2) is 0 Å². The normalized spacial score (nSPS) is 10.7. The average Bonchev–Trinajstić information content (AvgIpc) is 2.33. The summed E-state index contributed by atoms with van der Waals surface area (Å²) in [7, 11) is 1.59. The molecule has 1 heterocycles. The summed E-state index contributed by atoms with van der Waals surface area (Å²) in [6.45, 7) is 2.20. The first-order valence-corrected chi connectivity index (χ1v) is 6.76. The van der Waals surface area contributed by atoms with Crippen LogP contribution in [0.3, 0.4) is 0 Å². The summed E-state index contributed by atoms with van der Waals surface area (Å²) in [6, 6.07) is 4.74. The summed E-state index contributed by atoms with van der Waals surface area (Å²) < 4.78 is 19.6. The summed E-state index contributed by atoms with van der Waals surface area (Å²) in [5, 5.41) is 0. The molecule has 0 radical (unpaired) electrons. The van der Waals surface area contributed by atoms with E-state index in [2.05, 4.69) is 25.9 Å². The van der Waals surface area contributed by atoms with Gasteiger partial charge in [-0.05, 0) is 46.6 Å². The standard InChI is InChI=1S/C13H12BrFN2OS/c1-7-3-8(5-9(15)4-7)12-16-10(6-18-2)11(14)13(19)17-12/h3-5H,6H2,1-2H3,(H,16,17,19). The maximum absolute atomic E-state index is 13.4. The zero-order valence-electron chi connectivity index (χ0n) is 10.5. The molecule has 19 heavy (non-hydrogen) atoms. The summed E-state index contributed by atoms with van der Waals surface area (Å²) in [5.74, 6) is 0.232. The van der Waals surface area contributed by atoms with E-state index >= 15 is 0 Å². The van der Waals surface area contributed by atoms with Crippen LogP contribution in [-0.4, -0.2) is 17.1 Å². The Hall–Kier alpha value is -1.11. The number of hydrogen-bond donors (Lipinski definition) is 1. The largest absolute Gasteiger partial charge is 0.378 e. The van der Waals surface area contributed by atoms with E-state index in [0.717, 1.165) is 11.3 Å².